The molecule has 1 amide bonds. The molecule has 3 rings (SSSR count). The minimum atomic E-state index is -0.228. The Morgan fingerprint density at radius 3 is 2.68 bits per heavy atom. The average Bonchev–Trinajstić information content (AvgIpc) is 3.05. The summed E-state index contributed by atoms with van der Waals surface area (Å²) in [6.45, 7) is 6.69. The summed E-state index contributed by atoms with van der Waals surface area (Å²) in [5, 5.41) is 2.81. The summed E-state index contributed by atoms with van der Waals surface area (Å²) in [6.07, 6.45) is 1.62. The topological polar surface area (TPSA) is 76.7 Å². The molecule has 0 unspecified atom stereocenters. The Morgan fingerprint density at radius 2 is 1.96 bits per heavy atom. The predicted octanol–water partition coefficient (Wildman–Crippen LogP) is 1.01. The maximum atomic E-state index is 12.3. The van der Waals surface area contributed by atoms with Crippen LogP contribution in [-0.2, 0) is 17.8 Å². The van der Waals surface area contributed by atoms with E-state index in [1.807, 2.05) is 19.1 Å². The van der Waals surface area contributed by atoms with Crippen molar-refractivity contribution < 1.29 is 13.9 Å². The Labute approximate surface area is 146 Å². The summed E-state index contributed by atoms with van der Waals surface area (Å²) >= 11 is 0. The number of ether oxygens (including phenoxy) is 1. The molecule has 0 bridgehead atoms. The first kappa shape index (κ1) is 17.4. The first-order valence-electron chi connectivity index (χ1n) is 8.46. The second-order valence-corrected chi connectivity index (χ2v) is 6.10. The minimum absolute atomic E-state index is 0.105. The van der Waals surface area contributed by atoms with Crippen molar-refractivity contribution in [2.24, 2.45) is 0 Å². The van der Waals surface area contributed by atoms with E-state index in [1.54, 1.807) is 16.8 Å². The van der Waals surface area contributed by atoms with Crippen LogP contribution in [0.2, 0.25) is 0 Å². The third-order valence-electron chi connectivity index (χ3n) is 4.23. The van der Waals surface area contributed by atoms with Crippen LogP contribution in [0.25, 0.3) is 0 Å². The van der Waals surface area contributed by atoms with Crippen molar-refractivity contribution in [3.05, 3.63) is 57.9 Å². The Bertz CT molecular complexity index is 775. The number of pyridine rings is 1. The van der Waals surface area contributed by atoms with Crippen molar-refractivity contribution in [2.45, 2.75) is 20.0 Å². The number of morpholine rings is 1. The molecule has 1 saturated heterocycles. The van der Waals surface area contributed by atoms with Crippen LogP contribution in [0.3, 0.4) is 0 Å². The van der Waals surface area contributed by atoms with E-state index in [2.05, 4.69) is 10.2 Å². The molecule has 2 aromatic rings. The molecule has 0 spiro atoms. The summed E-state index contributed by atoms with van der Waals surface area (Å²) in [5.41, 5.74) is 0.358. The molecular formula is C18H23N3O4. The molecule has 2 aromatic heterocycles. The molecule has 3 heterocycles. The highest BCUT2D eigenvalue weighted by atomic mass is 16.5. The summed E-state index contributed by atoms with van der Waals surface area (Å²) in [5.74, 6) is 1.28. The number of carbonyl (C=O) groups excluding carboxylic acids is 1. The molecule has 1 N–H and O–H groups in total. The van der Waals surface area contributed by atoms with E-state index in [1.165, 1.54) is 6.07 Å². The first-order valence-corrected chi connectivity index (χ1v) is 8.46. The second-order valence-electron chi connectivity index (χ2n) is 6.10. The van der Waals surface area contributed by atoms with Crippen molar-refractivity contribution in [1.82, 2.24) is 14.8 Å². The van der Waals surface area contributed by atoms with Crippen molar-refractivity contribution in [3.8, 4) is 0 Å². The van der Waals surface area contributed by atoms with Crippen LogP contribution in [0, 0.1) is 6.92 Å². The zero-order chi connectivity index (χ0) is 17.6. The summed E-state index contributed by atoms with van der Waals surface area (Å²) in [6, 6.07) is 6.67. The number of hydrogen-bond acceptors (Lipinski definition) is 5. The van der Waals surface area contributed by atoms with E-state index in [0.717, 1.165) is 38.6 Å². The summed E-state index contributed by atoms with van der Waals surface area (Å²) < 4.78 is 12.3. The number of rotatable bonds is 6. The van der Waals surface area contributed by atoms with E-state index in [0.29, 0.717) is 24.4 Å². The van der Waals surface area contributed by atoms with Gasteiger partial charge in [0.2, 0.25) is 0 Å². The molecular weight excluding hydrogens is 322 g/mol. The molecule has 1 aliphatic heterocycles. The number of amides is 1. The largest absolute Gasteiger partial charge is 0.465 e. The molecule has 0 saturated carbocycles. The van der Waals surface area contributed by atoms with E-state index < -0.39 is 0 Å². The van der Waals surface area contributed by atoms with Gasteiger partial charge >= 0.3 is 0 Å². The van der Waals surface area contributed by atoms with Crippen molar-refractivity contribution >= 4 is 5.91 Å². The van der Waals surface area contributed by atoms with Crippen molar-refractivity contribution in [1.29, 1.82) is 0 Å². The first-order chi connectivity index (χ1) is 12.1. The standard InChI is InChI=1S/C18H23N3O4/c1-14-2-4-16(25-14)12-19-18(23)15-3-5-17(22)21(13-15)7-6-20-8-10-24-11-9-20/h2-5,13H,6-12H2,1H3,(H,19,23). The fourth-order valence-corrected chi connectivity index (χ4v) is 2.76. The van der Waals surface area contributed by atoms with Crippen LogP contribution >= 0.6 is 0 Å². The number of aryl methyl sites for hydroxylation is 1. The third-order valence-corrected chi connectivity index (χ3v) is 4.23. The maximum Gasteiger partial charge on any atom is 0.253 e. The van der Waals surface area contributed by atoms with Gasteiger partial charge in [-0.1, -0.05) is 0 Å². The van der Waals surface area contributed by atoms with Crippen LogP contribution < -0.4 is 10.9 Å². The number of aromatic nitrogens is 1. The Hall–Kier alpha value is -2.38. The quantitative estimate of drug-likeness (QED) is 0.846. The molecule has 7 nitrogen and oxygen atoms in total. The van der Waals surface area contributed by atoms with Crippen LogP contribution in [0.4, 0.5) is 0 Å². The minimum Gasteiger partial charge on any atom is -0.465 e. The zero-order valence-electron chi connectivity index (χ0n) is 14.4. The molecule has 134 valence electrons. The molecule has 0 aliphatic carbocycles. The highest BCUT2D eigenvalue weighted by Gasteiger charge is 2.12. The molecule has 25 heavy (non-hydrogen) atoms. The molecule has 1 fully saturated rings. The van der Waals surface area contributed by atoms with Gasteiger partial charge in [-0.3, -0.25) is 14.5 Å². The Morgan fingerprint density at radius 1 is 1.16 bits per heavy atom. The number of hydrogen-bond donors (Lipinski definition) is 1. The average molecular weight is 345 g/mol. The van der Waals surface area contributed by atoms with Gasteiger partial charge in [-0.15, -0.1) is 0 Å². The predicted molar refractivity (Wildman–Crippen MR) is 92.6 cm³/mol. The lowest BCUT2D eigenvalue weighted by atomic mass is 10.2. The lowest BCUT2D eigenvalue weighted by molar-refractivity contribution is 0.0363. The van der Waals surface area contributed by atoms with Crippen LogP contribution in [-0.4, -0.2) is 48.2 Å². The van der Waals surface area contributed by atoms with Gasteiger partial charge in [0.25, 0.3) is 11.5 Å². The van der Waals surface area contributed by atoms with E-state index in [9.17, 15) is 9.59 Å². The van der Waals surface area contributed by atoms with Crippen LogP contribution in [0.1, 0.15) is 21.9 Å². The van der Waals surface area contributed by atoms with Crippen LogP contribution in [0.5, 0.6) is 0 Å². The highest BCUT2D eigenvalue weighted by molar-refractivity contribution is 5.93. The Kier molecular flexibility index (Phi) is 5.67. The van der Waals surface area contributed by atoms with E-state index in [-0.39, 0.29) is 11.5 Å². The van der Waals surface area contributed by atoms with Gasteiger partial charge in [0.05, 0.1) is 25.3 Å². The third kappa shape index (κ3) is 4.80. The van der Waals surface area contributed by atoms with Gasteiger partial charge in [0, 0.05) is 38.4 Å². The van der Waals surface area contributed by atoms with Crippen molar-refractivity contribution in [2.75, 3.05) is 32.8 Å². The van der Waals surface area contributed by atoms with Gasteiger partial charge in [-0.25, -0.2) is 0 Å². The highest BCUT2D eigenvalue weighted by Crippen LogP contribution is 2.06. The van der Waals surface area contributed by atoms with Gasteiger partial charge < -0.3 is 19.0 Å². The number of carbonyl (C=O) groups is 1. The van der Waals surface area contributed by atoms with Gasteiger partial charge in [-0.2, -0.15) is 0 Å². The van der Waals surface area contributed by atoms with Crippen molar-refractivity contribution in [3.63, 3.8) is 0 Å². The smallest absolute Gasteiger partial charge is 0.253 e. The molecule has 0 atom stereocenters. The molecule has 0 radical (unpaired) electrons. The normalized spacial score (nSPS) is 15.2. The molecule has 7 heteroatoms. The van der Waals surface area contributed by atoms with Gasteiger partial charge in [0.1, 0.15) is 11.5 Å². The fourth-order valence-electron chi connectivity index (χ4n) is 2.76. The lowest BCUT2D eigenvalue weighted by Crippen LogP contribution is -2.39. The molecule has 0 aromatic carbocycles. The summed E-state index contributed by atoms with van der Waals surface area (Å²) in [4.78, 5) is 26.6. The number of nitrogens with one attached hydrogen (secondary N) is 1. The van der Waals surface area contributed by atoms with E-state index in [4.69, 9.17) is 9.15 Å². The maximum absolute atomic E-state index is 12.3. The van der Waals surface area contributed by atoms with E-state index >= 15 is 0 Å². The second kappa shape index (κ2) is 8.13. The Balaban J connectivity index is 1.59. The number of nitrogens with zero attached hydrogens (tertiary/aromatic N) is 2. The monoisotopic (exact) mass is 345 g/mol. The lowest BCUT2D eigenvalue weighted by Gasteiger charge is -2.26. The number of furan rings is 1. The SMILES string of the molecule is Cc1ccc(CNC(=O)c2ccc(=O)n(CCN3CCOCC3)c2)o1. The molecule has 1 aliphatic rings. The van der Waals surface area contributed by atoms with Crippen LogP contribution in [0.15, 0.2) is 39.7 Å². The summed E-state index contributed by atoms with van der Waals surface area (Å²) in [7, 11) is 0. The zero-order valence-corrected chi connectivity index (χ0v) is 14.4. The van der Waals surface area contributed by atoms with Gasteiger partial charge in [0.15, 0.2) is 0 Å². The van der Waals surface area contributed by atoms with Gasteiger partial charge in [-0.05, 0) is 25.1 Å². The fraction of sp³-hybridized carbons (Fsp3) is 0.444.